The molecule has 2 heterocycles. The molecule has 0 aliphatic carbocycles. The number of rotatable bonds is 2. The number of aryl methyl sites for hydroxylation is 1. The molecule has 1 N–H and O–H groups in total. The molecule has 0 spiro atoms. The van der Waals surface area contributed by atoms with Crippen molar-refractivity contribution in [3.8, 4) is 0 Å². The van der Waals surface area contributed by atoms with Gasteiger partial charge in [-0.1, -0.05) is 0 Å². The molecule has 16 heavy (non-hydrogen) atoms. The van der Waals surface area contributed by atoms with Crippen LogP contribution in [0.3, 0.4) is 0 Å². The summed E-state index contributed by atoms with van der Waals surface area (Å²) in [6, 6.07) is -0.0780. The number of nitrogens with zero attached hydrogens (tertiary/aromatic N) is 2. The van der Waals surface area contributed by atoms with Crippen molar-refractivity contribution in [2.75, 3.05) is 13.2 Å². The zero-order valence-electron chi connectivity index (χ0n) is 9.35. The number of aromatic nitrogens is 1. The van der Waals surface area contributed by atoms with Crippen molar-refractivity contribution in [1.82, 2.24) is 9.88 Å². The molecule has 0 radical (unpaired) electrons. The van der Waals surface area contributed by atoms with E-state index in [4.69, 9.17) is 4.42 Å². The van der Waals surface area contributed by atoms with Gasteiger partial charge in [0.1, 0.15) is 0 Å². The van der Waals surface area contributed by atoms with Gasteiger partial charge in [-0.15, -0.1) is 0 Å². The summed E-state index contributed by atoms with van der Waals surface area (Å²) >= 11 is 0. The van der Waals surface area contributed by atoms with Crippen LogP contribution < -0.4 is 0 Å². The van der Waals surface area contributed by atoms with Crippen LogP contribution >= 0.6 is 0 Å². The quantitative estimate of drug-likeness (QED) is 0.812. The molecule has 1 aromatic heterocycles. The Morgan fingerprint density at radius 3 is 3.12 bits per heavy atom. The van der Waals surface area contributed by atoms with E-state index in [2.05, 4.69) is 4.98 Å². The average molecular weight is 224 g/mol. The average Bonchev–Trinajstić information content (AvgIpc) is 2.74. The molecule has 1 atom stereocenters. The fraction of sp³-hybridized carbons (Fsp3) is 0.636. The minimum atomic E-state index is -0.159. The van der Waals surface area contributed by atoms with Crippen molar-refractivity contribution < 1.29 is 14.3 Å². The Balaban J connectivity index is 2.17. The van der Waals surface area contributed by atoms with Crippen LogP contribution in [0.1, 0.15) is 35.5 Å². The van der Waals surface area contributed by atoms with Crippen LogP contribution in [0.2, 0.25) is 0 Å². The van der Waals surface area contributed by atoms with Crippen molar-refractivity contribution in [2.24, 2.45) is 0 Å². The molecular weight excluding hydrogens is 208 g/mol. The highest BCUT2D eigenvalue weighted by molar-refractivity contribution is 5.92. The number of aliphatic hydroxyl groups is 1. The van der Waals surface area contributed by atoms with Crippen LogP contribution in [0.25, 0.3) is 0 Å². The van der Waals surface area contributed by atoms with Gasteiger partial charge in [0, 0.05) is 6.54 Å². The molecule has 1 saturated heterocycles. The standard InChI is InChI=1S/C11H16N2O3/c1-8-10(16-7-12-8)11(15)13-5-3-2-4-9(13)6-14/h7,9,14H,2-6H2,1H3. The van der Waals surface area contributed by atoms with E-state index in [-0.39, 0.29) is 18.6 Å². The van der Waals surface area contributed by atoms with Gasteiger partial charge in [0.25, 0.3) is 5.91 Å². The number of carbonyl (C=O) groups excluding carboxylic acids is 1. The highest BCUT2D eigenvalue weighted by Crippen LogP contribution is 2.20. The number of hydrogen-bond acceptors (Lipinski definition) is 4. The summed E-state index contributed by atoms with van der Waals surface area (Å²) in [4.78, 5) is 17.7. The van der Waals surface area contributed by atoms with Gasteiger partial charge in [0.05, 0.1) is 18.3 Å². The summed E-state index contributed by atoms with van der Waals surface area (Å²) in [5.41, 5.74) is 0.604. The van der Waals surface area contributed by atoms with Gasteiger partial charge in [-0.3, -0.25) is 4.79 Å². The highest BCUT2D eigenvalue weighted by atomic mass is 16.3. The van der Waals surface area contributed by atoms with Crippen LogP contribution in [0, 0.1) is 6.92 Å². The SMILES string of the molecule is Cc1ncoc1C(=O)N1CCCCC1CO. The van der Waals surface area contributed by atoms with E-state index in [1.54, 1.807) is 11.8 Å². The Morgan fingerprint density at radius 2 is 2.50 bits per heavy atom. The van der Waals surface area contributed by atoms with E-state index in [0.717, 1.165) is 19.3 Å². The third kappa shape index (κ3) is 1.95. The maximum Gasteiger partial charge on any atom is 0.291 e. The maximum atomic E-state index is 12.1. The summed E-state index contributed by atoms with van der Waals surface area (Å²) in [6.45, 7) is 2.44. The zero-order chi connectivity index (χ0) is 11.5. The van der Waals surface area contributed by atoms with Gasteiger partial charge in [-0.05, 0) is 26.2 Å². The van der Waals surface area contributed by atoms with Gasteiger partial charge in [0.15, 0.2) is 6.39 Å². The first-order valence-electron chi connectivity index (χ1n) is 5.56. The van der Waals surface area contributed by atoms with Crippen molar-refractivity contribution in [2.45, 2.75) is 32.2 Å². The molecule has 1 fully saturated rings. The summed E-state index contributed by atoms with van der Waals surface area (Å²) in [5.74, 6) is 0.133. The molecule has 1 aromatic rings. The van der Waals surface area contributed by atoms with Gasteiger partial charge in [0.2, 0.25) is 5.76 Å². The fourth-order valence-electron chi connectivity index (χ4n) is 2.10. The van der Waals surface area contributed by atoms with E-state index in [1.165, 1.54) is 6.39 Å². The van der Waals surface area contributed by atoms with E-state index >= 15 is 0 Å². The minimum absolute atomic E-state index is 0.0128. The molecule has 1 aliphatic heterocycles. The Hall–Kier alpha value is -1.36. The van der Waals surface area contributed by atoms with Crippen molar-refractivity contribution in [3.05, 3.63) is 17.8 Å². The summed E-state index contributed by atoms with van der Waals surface area (Å²) in [6.07, 6.45) is 4.18. The third-order valence-corrected chi connectivity index (χ3v) is 3.04. The first kappa shape index (κ1) is 11.1. The lowest BCUT2D eigenvalue weighted by Crippen LogP contribution is -2.45. The Labute approximate surface area is 94.1 Å². The Kier molecular flexibility index (Phi) is 3.24. The van der Waals surface area contributed by atoms with Crippen LogP contribution in [-0.2, 0) is 0 Å². The molecule has 88 valence electrons. The zero-order valence-corrected chi connectivity index (χ0v) is 9.35. The summed E-state index contributed by atoms with van der Waals surface area (Å²) in [7, 11) is 0. The number of oxazole rings is 1. The molecule has 5 heteroatoms. The van der Waals surface area contributed by atoms with Crippen molar-refractivity contribution in [3.63, 3.8) is 0 Å². The Bertz CT molecular complexity index is 375. The molecule has 1 amide bonds. The highest BCUT2D eigenvalue weighted by Gasteiger charge is 2.29. The molecule has 0 saturated carbocycles. The smallest absolute Gasteiger partial charge is 0.291 e. The predicted molar refractivity (Wildman–Crippen MR) is 57.0 cm³/mol. The molecule has 1 unspecified atom stereocenters. The third-order valence-electron chi connectivity index (χ3n) is 3.04. The second-order valence-corrected chi connectivity index (χ2v) is 4.10. The number of aliphatic hydroxyl groups excluding tert-OH is 1. The number of amides is 1. The number of likely N-dealkylation sites (tertiary alicyclic amines) is 1. The molecule has 1 aliphatic rings. The van der Waals surface area contributed by atoms with Crippen LogP contribution in [0.15, 0.2) is 10.8 Å². The van der Waals surface area contributed by atoms with Crippen LogP contribution in [0.4, 0.5) is 0 Å². The lowest BCUT2D eigenvalue weighted by Gasteiger charge is -2.33. The largest absolute Gasteiger partial charge is 0.438 e. The molecule has 2 rings (SSSR count). The maximum absolute atomic E-state index is 12.1. The molecular formula is C11H16N2O3. The van der Waals surface area contributed by atoms with Crippen LogP contribution in [0.5, 0.6) is 0 Å². The molecule has 0 aromatic carbocycles. The predicted octanol–water partition coefficient (Wildman–Crippen LogP) is 0.970. The van der Waals surface area contributed by atoms with Gasteiger partial charge < -0.3 is 14.4 Å². The lowest BCUT2D eigenvalue weighted by molar-refractivity contribution is 0.0472. The van der Waals surface area contributed by atoms with Crippen molar-refractivity contribution >= 4 is 5.91 Å². The molecule has 5 nitrogen and oxygen atoms in total. The van der Waals surface area contributed by atoms with E-state index in [9.17, 15) is 9.90 Å². The normalized spacial score (nSPS) is 21.1. The van der Waals surface area contributed by atoms with E-state index in [1.807, 2.05) is 0 Å². The van der Waals surface area contributed by atoms with Gasteiger partial charge in [-0.25, -0.2) is 4.98 Å². The van der Waals surface area contributed by atoms with Gasteiger partial charge in [-0.2, -0.15) is 0 Å². The van der Waals surface area contributed by atoms with E-state index < -0.39 is 0 Å². The first-order chi connectivity index (χ1) is 7.74. The molecule has 0 bridgehead atoms. The van der Waals surface area contributed by atoms with E-state index in [0.29, 0.717) is 18.0 Å². The second-order valence-electron chi connectivity index (χ2n) is 4.10. The number of hydrogen-bond donors (Lipinski definition) is 1. The second kappa shape index (κ2) is 4.65. The number of piperidine rings is 1. The summed E-state index contributed by atoms with van der Waals surface area (Å²) in [5, 5.41) is 9.24. The minimum Gasteiger partial charge on any atom is -0.438 e. The fourth-order valence-corrected chi connectivity index (χ4v) is 2.10. The lowest BCUT2D eigenvalue weighted by atomic mass is 10.0. The monoisotopic (exact) mass is 224 g/mol. The van der Waals surface area contributed by atoms with Crippen LogP contribution in [-0.4, -0.2) is 40.1 Å². The van der Waals surface area contributed by atoms with Gasteiger partial charge >= 0.3 is 0 Å². The first-order valence-corrected chi connectivity index (χ1v) is 5.56. The topological polar surface area (TPSA) is 66.6 Å². The Morgan fingerprint density at radius 1 is 1.69 bits per heavy atom. The van der Waals surface area contributed by atoms with Crippen molar-refractivity contribution in [1.29, 1.82) is 0 Å². The number of carbonyl (C=O) groups is 1. The summed E-state index contributed by atoms with van der Waals surface area (Å²) < 4.78 is 5.09.